The minimum Gasteiger partial charge on any atom is -0.308 e. The van der Waals surface area contributed by atoms with Crippen molar-refractivity contribution in [3.8, 4) is 17.2 Å². The van der Waals surface area contributed by atoms with E-state index in [9.17, 15) is 0 Å². The van der Waals surface area contributed by atoms with Crippen molar-refractivity contribution in [3.63, 3.8) is 0 Å². The summed E-state index contributed by atoms with van der Waals surface area (Å²) >= 11 is 1.78. The minimum atomic E-state index is 0.728. The molecule has 5 aromatic heterocycles. The lowest BCUT2D eigenvalue weighted by Crippen LogP contribution is -2.01. The molecule has 0 aliphatic carbocycles. The van der Waals surface area contributed by atoms with Gasteiger partial charge in [0, 0.05) is 48.0 Å². The van der Waals surface area contributed by atoms with Crippen LogP contribution >= 0.6 is 11.3 Å². The third-order valence-corrected chi connectivity index (χ3v) is 12.5. The van der Waals surface area contributed by atoms with Crippen LogP contribution in [-0.2, 0) is 0 Å². The van der Waals surface area contributed by atoms with Crippen LogP contribution in [0.15, 0.2) is 158 Å². The number of thiophene rings is 1. The van der Waals surface area contributed by atoms with Gasteiger partial charge in [-0.3, -0.25) is 4.57 Å². The number of nitrogens with zero attached hydrogens (tertiary/aromatic N) is 4. The molecule has 0 radical (unpaired) electrons. The van der Waals surface area contributed by atoms with E-state index in [0.29, 0.717) is 0 Å². The van der Waals surface area contributed by atoms with E-state index < -0.39 is 0 Å². The number of hydrogen-bond acceptors (Lipinski definition) is 3. The van der Waals surface area contributed by atoms with Crippen molar-refractivity contribution >= 4 is 113 Å². The lowest BCUT2D eigenvalue weighted by atomic mass is 10.0. The largest absolute Gasteiger partial charge is 0.308 e. The first-order valence-corrected chi connectivity index (χ1v) is 18.8. The molecule has 0 saturated carbocycles. The molecule has 8 aromatic carbocycles. The summed E-state index contributed by atoms with van der Waals surface area (Å²) < 4.78 is 7.22. The van der Waals surface area contributed by atoms with Gasteiger partial charge >= 0.3 is 0 Å². The summed E-state index contributed by atoms with van der Waals surface area (Å²) in [6.07, 6.45) is 0. The first-order valence-electron chi connectivity index (χ1n) is 18.0. The number of fused-ring (bicyclic) bond motifs is 15. The van der Waals surface area contributed by atoms with Crippen LogP contribution in [-0.4, -0.2) is 18.9 Å². The van der Waals surface area contributed by atoms with E-state index >= 15 is 0 Å². The fourth-order valence-electron chi connectivity index (χ4n) is 9.11. The van der Waals surface area contributed by atoms with Crippen LogP contribution in [0.4, 0.5) is 0 Å². The molecule has 0 saturated heterocycles. The predicted molar refractivity (Wildman–Crippen MR) is 224 cm³/mol. The summed E-state index contributed by atoms with van der Waals surface area (Å²) in [5, 5.41) is 13.6. The average Bonchev–Trinajstić information content (AvgIpc) is 3.94. The molecular formula is C48H26N4S. The zero-order valence-corrected chi connectivity index (χ0v) is 29.0. The molecule has 0 atom stereocenters. The maximum Gasteiger partial charge on any atom is 0.162 e. The zero-order chi connectivity index (χ0) is 34.4. The molecule has 4 nitrogen and oxygen atoms in total. The molecule has 13 rings (SSSR count). The molecule has 53 heavy (non-hydrogen) atoms. The monoisotopic (exact) mass is 690 g/mol. The van der Waals surface area contributed by atoms with Crippen molar-refractivity contribution in [2.75, 3.05) is 0 Å². The molecule has 0 spiro atoms. The van der Waals surface area contributed by atoms with E-state index in [1.807, 2.05) is 0 Å². The lowest BCUT2D eigenvalue weighted by molar-refractivity contribution is 1.08. The Hall–Kier alpha value is -6.82. The number of para-hydroxylation sites is 2. The van der Waals surface area contributed by atoms with Crippen molar-refractivity contribution < 1.29 is 0 Å². The summed E-state index contributed by atoms with van der Waals surface area (Å²) in [7, 11) is 0. The summed E-state index contributed by atoms with van der Waals surface area (Å²) in [5.41, 5.74) is 8.03. The quantitative estimate of drug-likeness (QED) is 0.181. The van der Waals surface area contributed by atoms with Crippen LogP contribution in [0.3, 0.4) is 0 Å². The van der Waals surface area contributed by atoms with E-state index in [2.05, 4.69) is 167 Å². The van der Waals surface area contributed by atoms with Crippen LogP contribution < -0.4 is 0 Å². The van der Waals surface area contributed by atoms with E-state index in [1.54, 1.807) is 11.3 Å². The fourth-order valence-corrected chi connectivity index (χ4v) is 10.2. The lowest BCUT2D eigenvalue weighted by Gasteiger charge is -2.11. The Kier molecular flexibility index (Phi) is 5.22. The highest BCUT2D eigenvalue weighted by Gasteiger charge is 2.26. The van der Waals surface area contributed by atoms with Gasteiger partial charge in [0.15, 0.2) is 11.6 Å². The maximum absolute atomic E-state index is 5.56. The highest BCUT2D eigenvalue weighted by Crippen LogP contribution is 2.48. The van der Waals surface area contributed by atoms with Crippen molar-refractivity contribution in [1.29, 1.82) is 0 Å². The van der Waals surface area contributed by atoms with Gasteiger partial charge in [0.1, 0.15) is 0 Å². The predicted octanol–water partition coefficient (Wildman–Crippen LogP) is 13.1. The molecule has 0 N–H and O–H groups in total. The SMILES string of the molecule is c1ccc2cc(-c3nc(-n4c5ccccc5c5c6c7cc8ccccc8cc7n7c8ccccc8c(cc54)c67)c4sc5ccccc5c4n3)ccc2c1. The molecule has 0 amide bonds. The van der Waals surface area contributed by atoms with Crippen LogP contribution in [0.2, 0.25) is 0 Å². The van der Waals surface area contributed by atoms with E-state index in [0.717, 1.165) is 43.8 Å². The summed E-state index contributed by atoms with van der Waals surface area (Å²) in [6.45, 7) is 0. The molecule has 244 valence electrons. The van der Waals surface area contributed by atoms with Crippen molar-refractivity contribution in [3.05, 3.63) is 158 Å². The Labute approximate surface area is 305 Å². The van der Waals surface area contributed by atoms with Crippen molar-refractivity contribution in [1.82, 2.24) is 18.9 Å². The topological polar surface area (TPSA) is 35.1 Å². The molecule has 5 heterocycles. The zero-order valence-electron chi connectivity index (χ0n) is 28.2. The number of hydrogen-bond donors (Lipinski definition) is 0. The number of benzene rings is 8. The second kappa shape index (κ2) is 9.94. The van der Waals surface area contributed by atoms with E-state index in [4.69, 9.17) is 9.97 Å². The Morgan fingerprint density at radius 3 is 1.96 bits per heavy atom. The van der Waals surface area contributed by atoms with Crippen LogP contribution in [0.1, 0.15) is 0 Å². The van der Waals surface area contributed by atoms with Gasteiger partial charge in [0.25, 0.3) is 0 Å². The second-order valence-corrected chi connectivity index (χ2v) is 15.2. The van der Waals surface area contributed by atoms with Crippen LogP contribution in [0.5, 0.6) is 0 Å². The molecule has 5 heteroatoms. The van der Waals surface area contributed by atoms with Gasteiger partial charge in [-0.15, -0.1) is 11.3 Å². The Morgan fingerprint density at radius 1 is 0.434 bits per heavy atom. The second-order valence-electron chi connectivity index (χ2n) is 14.2. The van der Waals surface area contributed by atoms with Gasteiger partial charge in [0.05, 0.1) is 37.8 Å². The third-order valence-electron chi connectivity index (χ3n) is 11.4. The third kappa shape index (κ3) is 3.59. The average molecular weight is 691 g/mol. The molecular weight excluding hydrogens is 665 g/mol. The minimum absolute atomic E-state index is 0.728. The van der Waals surface area contributed by atoms with Crippen LogP contribution in [0, 0.1) is 0 Å². The highest BCUT2D eigenvalue weighted by molar-refractivity contribution is 7.26. The first kappa shape index (κ1) is 27.8. The summed E-state index contributed by atoms with van der Waals surface area (Å²) in [4.78, 5) is 10.9. The molecule has 0 aliphatic rings. The molecule has 0 bridgehead atoms. The van der Waals surface area contributed by atoms with Crippen molar-refractivity contribution in [2.45, 2.75) is 0 Å². The van der Waals surface area contributed by atoms with Gasteiger partial charge in [-0.1, -0.05) is 115 Å². The molecule has 0 fully saturated rings. The number of rotatable bonds is 2. The fraction of sp³-hybridized carbons (Fsp3) is 0. The smallest absolute Gasteiger partial charge is 0.162 e. The Balaban J connectivity index is 1.25. The number of aromatic nitrogens is 4. The maximum atomic E-state index is 5.56. The van der Waals surface area contributed by atoms with Gasteiger partial charge in [0.2, 0.25) is 0 Å². The molecule has 0 unspecified atom stereocenters. The molecule has 0 aliphatic heterocycles. The Bertz CT molecular complexity index is 3700. The summed E-state index contributed by atoms with van der Waals surface area (Å²) in [6, 6.07) is 57.3. The van der Waals surface area contributed by atoms with E-state index in [-0.39, 0.29) is 0 Å². The highest BCUT2D eigenvalue weighted by atomic mass is 32.1. The van der Waals surface area contributed by atoms with Gasteiger partial charge in [-0.25, -0.2) is 9.97 Å². The van der Waals surface area contributed by atoms with Gasteiger partial charge in [-0.2, -0.15) is 0 Å². The van der Waals surface area contributed by atoms with Crippen molar-refractivity contribution in [2.24, 2.45) is 0 Å². The van der Waals surface area contributed by atoms with Gasteiger partial charge < -0.3 is 4.40 Å². The van der Waals surface area contributed by atoms with Gasteiger partial charge in [-0.05, 0) is 64.0 Å². The van der Waals surface area contributed by atoms with Crippen LogP contribution in [0.25, 0.3) is 119 Å². The Morgan fingerprint density at radius 2 is 1.11 bits per heavy atom. The van der Waals surface area contributed by atoms with E-state index in [1.165, 1.54) is 75.1 Å². The summed E-state index contributed by atoms with van der Waals surface area (Å²) in [5.74, 6) is 1.64. The normalized spacial score (nSPS) is 12.5. The molecule has 13 aromatic rings. The standard InChI is InChI=1S/C48H26N4S/c1-2-12-28-23-31(22-21-27(28)11-1)47-49-44-34-17-7-10-20-41(34)53-46(44)48(50-47)52-38-19-9-6-16-33(38)42-40(52)26-35-32-15-5-8-18-37(32)51-39-25-30-14-4-3-13-29(30)24-36(39)43(42)45(35)51/h1-26H. The first-order chi connectivity index (χ1) is 26.3.